The standard InChI is InChI=1S/C58H61N9O7S/c1-64-48-33-41(13-17-44(48)54(63-64)45-18-20-51(68)61-56(45)71)38-23-26-65(27-24-38)35-52(69)66-28-21-37(22-29-66)32-36-11-15-42(16-12-36)74-31-5-7-40-14-19-50(60-53(40)57(72)73)67-30-25-39-6-4-8-43(46(39)34-67)55(70)62-58-59-47-9-2-3-10-49(47)75-58/h2-4,6,8-17,19,33,37-38,45H,5,7,18,20-32,34-35H2,1H3,(H,72,73)(H,59,62,70)(H,61,68,71). The number of aromatic carboxylic acids is 1. The Morgan fingerprint density at radius 1 is 0.853 bits per heavy atom. The largest absolute Gasteiger partial charge is 0.494 e. The summed E-state index contributed by atoms with van der Waals surface area (Å²) in [6, 6.07) is 31.9. The van der Waals surface area contributed by atoms with Crippen LogP contribution in [0.1, 0.15) is 111 Å². The number of fused-ring (bicyclic) bond motifs is 3. The van der Waals surface area contributed by atoms with Crippen LogP contribution in [-0.4, -0.2) is 110 Å². The van der Waals surface area contributed by atoms with Crippen molar-refractivity contribution in [2.24, 2.45) is 13.0 Å². The number of thiazole rings is 1. The molecule has 386 valence electrons. The number of likely N-dealkylation sites (tertiary alicyclic amines) is 2. The number of imide groups is 1. The lowest BCUT2D eigenvalue weighted by Crippen LogP contribution is -2.46. The molecule has 7 aromatic rings. The maximum atomic E-state index is 13.6. The predicted molar refractivity (Wildman–Crippen MR) is 287 cm³/mol. The van der Waals surface area contributed by atoms with E-state index < -0.39 is 11.9 Å². The van der Waals surface area contributed by atoms with Gasteiger partial charge in [0.25, 0.3) is 5.91 Å². The Hall–Kier alpha value is -7.50. The van der Waals surface area contributed by atoms with Gasteiger partial charge in [-0.2, -0.15) is 5.10 Å². The lowest BCUT2D eigenvalue weighted by Gasteiger charge is -2.36. The summed E-state index contributed by atoms with van der Waals surface area (Å²) < 4.78 is 8.94. The highest BCUT2D eigenvalue weighted by Crippen LogP contribution is 2.36. The molecular weight excluding hydrogens is 967 g/mol. The fourth-order valence-corrected chi connectivity index (χ4v) is 12.4. The number of pyridine rings is 1. The third-order valence-corrected chi connectivity index (χ3v) is 16.6. The Morgan fingerprint density at radius 3 is 2.45 bits per heavy atom. The van der Waals surface area contributed by atoms with Gasteiger partial charge in [0.05, 0.1) is 40.5 Å². The van der Waals surface area contributed by atoms with Gasteiger partial charge in [-0.15, -0.1) is 0 Å². The van der Waals surface area contributed by atoms with Crippen LogP contribution in [0.4, 0.5) is 10.9 Å². The van der Waals surface area contributed by atoms with Crippen LogP contribution in [0, 0.1) is 5.92 Å². The van der Waals surface area contributed by atoms with E-state index in [1.807, 2.05) is 88.3 Å². The molecule has 0 saturated carbocycles. The number of carbonyl (C=O) groups is 5. The molecule has 17 heteroatoms. The van der Waals surface area contributed by atoms with E-state index in [9.17, 15) is 29.1 Å². The number of hydrogen-bond acceptors (Lipinski definition) is 12. The van der Waals surface area contributed by atoms with Crippen molar-refractivity contribution in [1.29, 1.82) is 0 Å². The van der Waals surface area contributed by atoms with E-state index in [0.29, 0.717) is 92.3 Å². The number of nitrogens with one attached hydrogen (secondary N) is 2. The average molecular weight is 1030 g/mol. The van der Waals surface area contributed by atoms with Gasteiger partial charge in [-0.05, 0) is 153 Å². The lowest BCUT2D eigenvalue weighted by molar-refractivity contribution is -0.135. The summed E-state index contributed by atoms with van der Waals surface area (Å²) in [5.74, 6) is 0.195. The third kappa shape index (κ3) is 11.0. The SMILES string of the molecule is Cn1nc(C2CCC(=O)NC2=O)c2ccc(C3CCN(CC(=O)N4CCC(Cc5ccc(OCCCc6ccc(N7CCc8cccc(C(=O)Nc9nc%10ccccc%10s9)c8C7)nc6C(=O)O)cc5)CC4)CC3)cc21. The molecule has 0 bridgehead atoms. The minimum absolute atomic E-state index is 0.0268. The molecule has 0 radical (unpaired) electrons. The second-order valence-electron chi connectivity index (χ2n) is 20.5. The fraction of sp³-hybridized carbons (Fsp3) is 0.379. The highest BCUT2D eigenvalue weighted by atomic mass is 32.1. The smallest absolute Gasteiger partial charge is 0.354 e. The first-order valence-electron chi connectivity index (χ1n) is 26.3. The number of para-hydroxylation sites is 1. The van der Waals surface area contributed by atoms with Crippen molar-refractivity contribution in [3.05, 3.63) is 142 Å². The molecule has 4 aliphatic rings. The van der Waals surface area contributed by atoms with Gasteiger partial charge >= 0.3 is 5.97 Å². The molecule has 3 fully saturated rings. The summed E-state index contributed by atoms with van der Waals surface area (Å²) in [5, 5.41) is 21.9. The molecule has 3 aromatic heterocycles. The first-order valence-corrected chi connectivity index (χ1v) is 27.1. The van der Waals surface area contributed by atoms with Crippen LogP contribution in [0.15, 0.2) is 97.1 Å². The number of carboxylic acids is 1. The molecule has 1 unspecified atom stereocenters. The first-order chi connectivity index (χ1) is 36.5. The zero-order valence-electron chi connectivity index (χ0n) is 42.1. The number of aromatic nitrogens is 4. The van der Waals surface area contributed by atoms with Gasteiger partial charge in [-0.3, -0.25) is 39.4 Å². The normalized spacial score (nSPS) is 17.8. The van der Waals surface area contributed by atoms with Crippen LogP contribution in [0.25, 0.3) is 21.1 Å². The minimum Gasteiger partial charge on any atom is -0.494 e. The number of piperidine rings is 3. The van der Waals surface area contributed by atoms with Crippen molar-refractivity contribution in [2.75, 3.05) is 56.1 Å². The number of ether oxygens (including phenoxy) is 1. The van der Waals surface area contributed by atoms with Crippen LogP contribution in [0.3, 0.4) is 0 Å². The number of carboxylic acid groups (broad SMARTS) is 1. The van der Waals surface area contributed by atoms with Crippen molar-refractivity contribution in [1.82, 2.24) is 34.9 Å². The summed E-state index contributed by atoms with van der Waals surface area (Å²) in [6.07, 6.45) is 7.44. The van der Waals surface area contributed by atoms with Crippen LogP contribution in [0.2, 0.25) is 0 Å². The number of amides is 4. The molecule has 4 amide bonds. The Kier molecular flexibility index (Phi) is 14.4. The molecule has 0 spiro atoms. The molecule has 4 aliphatic heterocycles. The molecule has 3 saturated heterocycles. The summed E-state index contributed by atoms with van der Waals surface area (Å²) in [5.41, 5.74) is 8.28. The molecule has 7 heterocycles. The molecule has 3 N–H and O–H groups in total. The number of carbonyl (C=O) groups excluding carboxylic acids is 4. The minimum atomic E-state index is -1.08. The number of hydrogen-bond donors (Lipinski definition) is 3. The molecule has 75 heavy (non-hydrogen) atoms. The Morgan fingerprint density at radius 2 is 1.67 bits per heavy atom. The predicted octanol–water partition coefficient (Wildman–Crippen LogP) is 8.28. The summed E-state index contributed by atoms with van der Waals surface area (Å²) >= 11 is 1.43. The first kappa shape index (κ1) is 49.7. The van der Waals surface area contributed by atoms with Crippen LogP contribution in [0.5, 0.6) is 5.75 Å². The van der Waals surface area contributed by atoms with E-state index in [2.05, 4.69) is 55.8 Å². The van der Waals surface area contributed by atoms with Crippen molar-refractivity contribution in [3.63, 3.8) is 0 Å². The van der Waals surface area contributed by atoms with Gasteiger partial charge in [0.2, 0.25) is 17.7 Å². The van der Waals surface area contributed by atoms with Crippen molar-refractivity contribution < 1.29 is 33.8 Å². The van der Waals surface area contributed by atoms with E-state index in [-0.39, 0.29) is 29.3 Å². The fourth-order valence-electron chi connectivity index (χ4n) is 11.5. The molecule has 4 aromatic carbocycles. The van der Waals surface area contributed by atoms with E-state index >= 15 is 0 Å². The van der Waals surface area contributed by atoms with Crippen molar-refractivity contribution in [2.45, 2.75) is 82.6 Å². The van der Waals surface area contributed by atoms with E-state index in [1.54, 1.807) is 0 Å². The molecule has 0 aliphatic carbocycles. The maximum absolute atomic E-state index is 13.6. The monoisotopic (exact) mass is 1030 g/mol. The highest BCUT2D eigenvalue weighted by Gasteiger charge is 2.33. The zero-order valence-corrected chi connectivity index (χ0v) is 42.9. The van der Waals surface area contributed by atoms with Gasteiger partial charge in [0.1, 0.15) is 11.6 Å². The van der Waals surface area contributed by atoms with E-state index in [0.717, 1.165) is 102 Å². The highest BCUT2D eigenvalue weighted by molar-refractivity contribution is 7.22. The van der Waals surface area contributed by atoms with Crippen LogP contribution < -0.4 is 20.3 Å². The Bertz CT molecular complexity index is 3270. The van der Waals surface area contributed by atoms with Gasteiger partial charge in [0.15, 0.2) is 10.8 Å². The third-order valence-electron chi connectivity index (χ3n) is 15.7. The summed E-state index contributed by atoms with van der Waals surface area (Å²) in [4.78, 5) is 79.5. The molecule has 1 atom stereocenters. The van der Waals surface area contributed by atoms with Gasteiger partial charge < -0.3 is 19.6 Å². The summed E-state index contributed by atoms with van der Waals surface area (Å²) in [7, 11) is 1.90. The van der Waals surface area contributed by atoms with Crippen LogP contribution in [-0.2, 0) is 47.2 Å². The number of aryl methyl sites for hydroxylation is 2. The maximum Gasteiger partial charge on any atom is 0.354 e. The van der Waals surface area contributed by atoms with Gasteiger partial charge in [-0.1, -0.05) is 65.9 Å². The van der Waals surface area contributed by atoms with Crippen molar-refractivity contribution >= 4 is 73.0 Å². The van der Waals surface area contributed by atoms with Gasteiger partial charge in [-0.25, -0.2) is 14.8 Å². The second kappa shape index (κ2) is 21.8. The Balaban J connectivity index is 0.604. The average Bonchev–Trinajstić information content (AvgIpc) is 3.99. The van der Waals surface area contributed by atoms with E-state index in [1.165, 1.54) is 22.5 Å². The Labute approximate surface area is 439 Å². The van der Waals surface area contributed by atoms with Gasteiger partial charge in [0, 0.05) is 50.6 Å². The lowest BCUT2D eigenvalue weighted by atomic mass is 9.87. The quantitative estimate of drug-likeness (QED) is 0.0659. The number of rotatable bonds is 15. The van der Waals surface area contributed by atoms with E-state index in [4.69, 9.17) is 9.84 Å². The summed E-state index contributed by atoms with van der Waals surface area (Å²) in [6.45, 7) is 5.22. The van der Waals surface area contributed by atoms with Crippen LogP contribution >= 0.6 is 11.3 Å². The van der Waals surface area contributed by atoms with Crippen molar-refractivity contribution in [3.8, 4) is 5.75 Å². The molecule has 11 rings (SSSR count). The number of anilines is 2. The second-order valence-corrected chi connectivity index (χ2v) is 21.5. The molecular formula is C58H61N9O7S. The molecule has 16 nitrogen and oxygen atoms in total. The number of nitrogens with zero attached hydrogens (tertiary/aromatic N) is 7. The number of benzene rings is 4. The topological polar surface area (TPSA) is 192 Å². The zero-order chi connectivity index (χ0) is 51.6.